The number of hydrogen-bond acceptors (Lipinski definition) is 1. The van der Waals surface area contributed by atoms with Gasteiger partial charge in [-0.3, -0.25) is 0 Å². The summed E-state index contributed by atoms with van der Waals surface area (Å²) in [7, 11) is 3.26. The molecule has 0 aliphatic heterocycles. The normalized spacial score (nSPS) is 5.67. The zero-order valence-corrected chi connectivity index (χ0v) is 5.33. The minimum absolute atomic E-state index is 0. The molecule has 0 rings (SSSR count). The van der Waals surface area contributed by atoms with Crippen molar-refractivity contribution >= 4 is 6.41 Å². The van der Waals surface area contributed by atoms with Crippen molar-refractivity contribution in [3.63, 3.8) is 0 Å². The summed E-state index contributed by atoms with van der Waals surface area (Å²) >= 11 is 0. The molecular weight excluding hydrogens is 169 g/mol. The van der Waals surface area contributed by atoms with Crippen LogP contribution in [0, 0.1) is 0 Å². The molecule has 3 heteroatoms. The van der Waals surface area contributed by atoms with E-state index in [-0.39, 0.29) is 19.5 Å². The molecule has 0 aromatic heterocycles. The van der Waals surface area contributed by atoms with Crippen molar-refractivity contribution in [2.45, 2.75) is 0 Å². The Morgan fingerprint density at radius 3 is 1.67 bits per heavy atom. The van der Waals surface area contributed by atoms with Crippen LogP contribution in [0.5, 0.6) is 0 Å². The molecule has 1 amide bonds. The Balaban J connectivity index is 0. The summed E-state index contributed by atoms with van der Waals surface area (Å²) in [5, 5.41) is 0. The molecule has 0 aromatic rings. The zero-order valence-electron chi connectivity index (χ0n) is 3.69. The summed E-state index contributed by atoms with van der Waals surface area (Å²) < 4.78 is 0. The van der Waals surface area contributed by atoms with Gasteiger partial charge >= 0.3 is 0 Å². The standard InChI is InChI=1S/C3H6NO.Rh/c1-4(2)3-5;/h1-2H3;/q-1;. The molecule has 0 aliphatic rings. The maximum absolute atomic E-state index is 9.31. The molecule has 0 aliphatic carbocycles. The van der Waals surface area contributed by atoms with Gasteiger partial charge in [-0.2, -0.15) is 6.41 Å². The quantitative estimate of drug-likeness (QED) is 0.302. The van der Waals surface area contributed by atoms with Gasteiger partial charge in [-0.15, -0.1) is 0 Å². The number of rotatable bonds is 1. The zero-order chi connectivity index (χ0) is 4.28. The second kappa shape index (κ2) is 5.09. The number of hydrogen-bond donors (Lipinski definition) is 0. The van der Waals surface area contributed by atoms with Crippen LogP contribution in [-0.4, -0.2) is 25.4 Å². The van der Waals surface area contributed by atoms with Crippen LogP contribution in [0.2, 0.25) is 0 Å². The molecule has 0 fully saturated rings. The predicted octanol–water partition coefficient (Wildman–Crippen LogP) is -0.387. The summed E-state index contributed by atoms with van der Waals surface area (Å²) in [5.41, 5.74) is 0. The first-order valence-corrected chi connectivity index (χ1v) is 1.32. The van der Waals surface area contributed by atoms with Crippen LogP contribution in [0.1, 0.15) is 0 Å². The predicted molar refractivity (Wildman–Crippen MR) is 19.4 cm³/mol. The fourth-order valence-electron chi connectivity index (χ4n) is 0. The Labute approximate surface area is 50.3 Å². The topological polar surface area (TPSA) is 20.3 Å². The summed E-state index contributed by atoms with van der Waals surface area (Å²) in [6, 6.07) is 0. The minimum Gasteiger partial charge on any atom is -0.522 e. The van der Waals surface area contributed by atoms with Crippen LogP contribution in [0.4, 0.5) is 0 Å². The molecule has 0 aromatic carbocycles. The molecule has 0 saturated heterocycles. The van der Waals surface area contributed by atoms with Crippen molar-refractivity contribution in [2.75, 3.05) is 14.1 Å². The molecule has 2 nitrogen and oxygen atoms in total. The molecular formula is C3H6NORh-. The van der Waals surface area contributed by atoms with Crippen LogP contribution in [0.25, 0.3) is 0 Å². The molecule has 0 N–H and O–H groups in total. The molecule has 0 heterocycles. The summed E-state index contributed by atoms with van der Waals surface area (Å²) in [5.74, 6) is 0. The van der Waals surface area contributed by atoms with E-state index in [1.807, 2.05) is 0 Å². The van der Waals surface area contributed by atoms with Gasteiger partial charge in [-0.25, -0.2) is 0 Å². The van der Waals surface area contributed by atoms with E-state index in [2.05, 4.69) is 0 Å². The summed E-state index contributed by atoms with van der Waals surface area (Å²) in [6.45, 7) is 0. The SMILES string of the molecule is CN(C)[C-]=O.[Rh]. The van der Waals surface area contributed by atoms with Crippen LogP contribution in [0.15, 0.2) is 0 Å². The van der Waals surface area contributed by atoms with Crippen LogP contribution in [-0.2, 0) is 24.3 Å². The van der Waals surface area contributed by atoms with Crippen molar-refractivity contribution in [3.8, 4) is 0 Å². The van der Waals surface area contributed by atoms with Crippen molar-refractivity contribution in [2.24, 2.45) is 0 Å². The average molecular weight is 175 g/mol. The molecule has 0 atom stereocenters. The van der Waals surface area contributed by atoms with Gasteiger partial charge in [0.2, 0.25) is 0 Å². The monoisotopic (exact) mass is 175 g/mol. The third kappa shape index (κ3) is 8.94. The maximum Gasteiger partial charge on any atom is 0 e. The van der Waals surface area contributed by atoms with Gasteiger partial charge in [0.05, 0.1) is 0 Å². The van der Waals surface area contributed by atoms with Gasteiger partial charge in [0, 0.05) is 19.5 Å². The average Bonchev–Trinajstić information content (AvgIpc) is 1.38. The fraction of sp³-hybridized carbons (Fsp3) is 0.667. The third-order valence-electron chi connectivity index (χ3n) is 0.183. The Hall–Kier alpha value is 0.0934. The summed E-state index contributed by atoms with van der Waals surface area (Å²) in [6.07, 6.45) is 1.61. The first-order valence-electron chi connectivity index (χ1n) is 1.32. The van der Waals surface area contributed by atoms with Gasteiger partial charge < -0.3 is 9.69 Å². The second-order valence-electron chi connectivity index (χ2n) is 0.986. The largest absolute Gasteiger partial charge is 0.522 e. The summed E-state index contributed by atoms with van der Waals surface area (Å²) in [4.78, 5) is 10.6. The second-order valence-corrected chi connectivity index (χ2v) is 0.986. The van der Waals surface area contributed by atoms with E-state index in [9.17, 15) is 4.79 Å². The van der Waals surface area contributed by atoms with Crippen molar-refractivity contribution in [3.05, 3.63) is 0 Å². The Morgan fingerprint density at radius 1 is 1.50 bits per heavy atom. The van der Waals surface area contributed by atoms with Crippen LogP contribution < -0.4 is 0 Å². The molecule has 6 heavy (non-hydrogen) atoms. The maximum atomic E-state index is 9.31. The van der Waals surface area contributed by atoms with Gasteiger partial charge in [0.25, 0.3) is 0 Å². The Morgan fingerprint density at radius 2 is 1.67 bits per heavy atom. The van der Waals surface area contributed by atoms with Crippen LogP contribution >= 0.6 is 0 Å². The smallest absolute Gasteiger partial charge is 0 e. The van der Waals surface area contributed by atoms with E-state index in [1.54, 1.807) is 20.5 Å². The number of carbonyl (C=O) groups excluding carboxylic acids is 1. The first-order chi connectivity index (χ1) is 2.27. The van der Waals surface area contributed by atoms with E-state index >= 15 is 0 Å². The molecule has 0 bridgehead atoms. The molecule has 0 spiro atoms. The number of amides is 1. The van der Waals surface area contributed by atoms with Gasteiger partial charge in [0.15, 0.2) is 0 Å². The van der Waals surface area contributed by atoms with Crippen molar-refractivity contribution < 1.29 is 24.3 Å². The fourth-order valence-corrected chi connectivity index (χ4v) is 0. The first kappa shape index (κ1) is 9.43. The molecule has 39 valence electrons. The van der Waals surface area contributed by atoms with Gasteiger partial charge in [-0.1, -0.05) is 0 Å². The van der Waals surface area contributed by atoms with E-state index < -0.39 is 0 Å². The number of nitrogens with zero attached hydrogens (tertiary/aromatic N) is 1. The Bertz CT molecular complexity index is 37.8. The van der Waals surface area contributed by atoms with E-state index in [1.165, 1.54) is 4.90 Å². The van der Waals surface area contributed by atoms with E-state index in [0.717, 1.165) is 0 Å². The third-order valence-corrected chi connectivity index (χ3v) is 0.183. The van der Waals surface area contributed by atoms with Gasteiger partial charge in [0.1, 0.15) is 0 Å². The minimum atomic E-state index is 0. The molecule has 1 radical (unpaired) electrons. The molecule has 0 unspecified atom stereocenters. The van der Waals surface area contributed by atoms with Gasteiger partial charge in [-0.05, 0) is 14.1 Å². The van der Waals surface area contributed by atoms with Crippen molar-refractivity contribution in [1.82, 2.24) is 4.90 Å². The van der Waals surface area contributed by atoms with Crippen molar-refractivity contribution in [1.29, 1.82) is 0 Å². The van der Waals surface area contributed by atoms with E-state index in [4.69, 9.17) is 0 Å². The molecule has 0 saturated carbocycles. The van der Waals surface area contributed by atoms with E-state index in [0.29, 0.717) is 0 Å². The Kier molecular flexibility index (Phi) is 8.01. The van der Waals surface area contributed by atoms with Crippen LogP contribution in [0.3, 0.4) is 0 Å².